The SMILES string of the molecule is CC(C)NC(=O)c1nn(-c2ccc(Cl)cc2)c(=O)n(C(C)c2ccccc2)c1=O. The molecule has 1 unspecified atom stereocenters. The van der Waals surface area contributed by atoms with Crippen molar-refractivity contribution in [3.05, 3.63) is 91.7 Å². The molecule has 0 saturated heterocycles. The highest BCUT2D eigenvalue weighted by Gasteiger charge is 2.24. The molecular formula is C21H21ClN4O3. The minimum Gasteiger partial charge on any atom is -0.348 e. The number of carbonyl (C=O) groups excluding carboxylic acids is 1. The Labute approximate surface area is 172 Å². The lowest BCUT2D eigenvalue weighted by molar-refractivity contribution is 0.0933. The van der Waals surface area contributed by atoms with Crippen molar-refractivity contribution in [1.29, 1.82) is 0 Å². The minimum atomic E-state index is -0.741. The first-order valence-electron chi connectivity index (χ1n) is 9.17. The molecule has 29 heavy (non-hydrogen) atoms. The fraction of sp³-hybridized carbons (Fsp3) is 0.238. The molecule has 0 saturated carbocycles. The van der Waals surface area contributed by atoms with Gasteiger partial charge in [0.25, 0.3) is 11.5 Å². The van der Waals surface area contributed by atoms with E-state index in [-0.39, 0.29) is 11.7 Å². The monoisotopic (exact) mass is 412 g/mol. The molecule has 0 aliphatic heterocycles. The third-order valence-electron chi connectivity index (χ3n) is 4.38. The molecule has 3 aromatic rings. The van der Waals surface area contributed by atoms with Gasteiger partial charge in [0, 0.05) is 11.1 Å². The number of hydrogen-bond acceptors (Lipinski definition) is 4. The Bertz CT molecular complexity index is 1140. The highest BCUT2D eigenvalue weighted by Crippen LogP contribution is 2.15. The van der Waals surface area contributed by atoms with E-state index in [1.807, 2.05) is 30.3 Å². The average molecular weight is 413 g/mol. The van der Waals surface area contributed by atoms with E-state index in [0.29, 0.717) is 10.7 Å². The molecule has 0 radical (unpaired) electrons. The van der Waals surface area contributed by atoms with Gasteiger partial charge in [0.15, 0.2) is 0 Å². The van der Waals surface area contributed by atoms with Crippen LogP contribution in [0.4, 0.5) is 0 Å². The largest absolute Gasteiger partial charge is 0.352 e. The van der Waals surface area contributed by atoms with Crippen LogP contribution in [0, 0.1) is 0 Å². The quantitative estimate of drug-likeness (QED) is 0.698. The molecule has 150 valence electrons. The molecule has 0 aliphatic rings. The molecule has 8 heteroatoms. The number of carbonyl (C=O) groups is 1. The van der Waals surface area contributed by atoms with Crippen molar-refractivity contribution in [3.8, 4) is 5.69 Å². The molecule has 0 spiro atoms. The second-order valence-corrected chi connectivity index (χ2v) is 7.35. The zero-order valence-electron chi connectivity index (χ0n) is 16.3. The van der Waals surface area contributed by atoms with Gasteiger partial charge in [0.1, 0.15) is 0 Å². The Morgan fingerprint density at radius 1 is 1.00 bits per heavy atom. The second-order valence-electron chi connectivity index (χ2n) is 6.91. The molecule has 0 fully saturated rings. The van der Waals surface area contributed by atoms with Crippen molar-refractivity contribution in [2.24, 2.45) is 0 Å². The third kappa shape index (κ3) is 4.30. The van der Waals surface area contributed by atoms with Crippen LogP contribution < -0.4 is 16.6 Å². The van der Waals surface area contributed by atoms with E-state index in [0.717, 1.165) is 14.8 Å². The highest BCUT2D eigenvalue weighted by molar-refractivity contribution is 6.30. The maximum atomic E-state index is 13.2. The van der Waals surface area contributed by atoms with Crippen molar-refractivity contribution in [3.63, 3.8) is 0 Å². The number of nitrogens with zero attached hydrogens (tertiary/aromatic N) is 3. The molecule has 1 N–H and O–H groups in total. The van der Waals surface area contributed by atoms with Crippen LogP contribution in [0.5, 0.6) is 0 Å². The van der Waals surface area contributed by atoms with E-state index in [2.05, 4.69) is 10.4 Å². The van der Waals surface area contributed by atoms with Gasteiger partial charge in [-0.2, -0.15) is 9.78 Å². The minimum absolute atomic E-state index is 0.195. The third-order valence-corrected chi connectivity index (χ3v) is 4.64. The lowest BCUT2D eigenvalue weighted by Gasteiger charge is -2.18. The van der Waals surface area contributed by atoms with Gasteiger partial charge in [-0.05, 0) is 50.6 Å². The highest BCUT2D eigenvalue weighted by atomic mass is 35.5. The number of hydrogen-bond donors (Lipinski definition) is 1. The smallest absolute Gasteiger partial charge is 0.348 e. The van der Waals surface area contributed by atoms with Crippen molar-refractivity contribution in [2.45, 2.75) is 32.9 Å². The summed E-state index contributed by atoms with van der Waals surface area (Å²) < 4.78 is 2.10. The molecule has 1 heterocycles. The summed E-state index contributed by atoms with van der Waals surface area (Å²) in [5.41, 5.74) is -0.580. The van der Waals surface area contributed by atoms with Gasteiger partial charge >= 0.3 is 5.69 Å². The molecule has 0 bridgehead atoms. The number of halogens is 1. The Kier molecular flexibility index (Phi) is 5.98. The van der Waals surface area contributed by atoms with E-state index in [4.69, 9.17) is 11.6 Å². The zero-order valence-corrected chi connectivity index (χ0v) is 17.1. The van der Waals surface area contributed by atoms with Crippen molar-refractivity contribution in [2.75, 3.05) is 0 Å². The summed E-state index contributed by atoms with van der Waals surface area (Å²) in [6, 6.07) is 14.7. The summed E-state index contributed by atoms with van der Waals surface area (Å²) >= 11 is 5.94. The predicted octanol–water partition coefficient (Wildman–Crippen LogP) is 2.80. The van der Waals surface area contributed by atoms with E-state index in [1.165, 1.54) is 0 Å². The molecule has 7 nitrogen and oxygen atoms in total. The standard InChI is InChI=1S/C21H21ClN4O3/c1-13(2)23-19(27)18-20(28)25(14(3)15-7-5-4-6-8-15)21(29)26(24-18)17-11-9-16(22)10-12-17/h4-14H,1-3H3,(H,23,27). The number of benzene rings is 2. The van der Waals surface area contributed by atoms with Crippen LogP contribution in [-0.2, 0) is 0 Å². The van der Waals surface area contributed by atoms with Crippen LogP contribution in [0.15, 0.2) is 64.2 Å². The second kappa shape index (κ2) is 8.45. The van der Waals surface area contributed by atoms with Crippen LogP contribution in [0.25, 0.3) is 5.69 Å². The number of amides is 1. The number of rotatable bonds is 5. The molecule has 1 atom stereocenters. The maximum Gasteiger partial charge on any atom is 0.352 e. The van der Waals surface area contributed by atoms with Gasteiger partial charge in [-0.25, -0.2) is 9.36 Å². The zero-order chi connectivity index (χ0) is 21.1. The lowest BCUT2D eigenvalue weighted by atomic mass is 10.1. The average Bonchev–Trinajstić information content (AvgIpc) is 2.69. The van der Waals surface area contributed by atoms with E-state index < -0.39 is 23.2 Å². The first-order valence-corrected chi connectivity index (χ1v) is 9.55. The van der Waals surface area contributed by atoms with Crippen molar-refractivity contribution in [1.82, 2.24) is 19.7 Å². The van der Waals surface area contributed by atoms with Crippen LogP contribution in [0.1, 0.15) is 42.9 Å². The lowest BCUT2D eigenvalue weighted by Crippen LogP contribution is -2.47. The van der Waals surface area contributed by atoms with Gasteiger partial charge < -0.3 is 5.32 Å². The fourth-order valence-corrected chi connectivity index (χ4v) is 3.06. The fourth-order valence-electron chi connectivity index (χ4n) is 2.93. The molecule has 0 aliphatic carbocycles. The van der Waals surface area contributed by atoms with Gasteiger partial charge in [-0.3, -0.25) is 9.59 Å². The van der Waals surface area contributed by atoms with E-state index in [9.17, 15) is 14.4 Å². The van der Waals surface area contributed by atoms with Gasteiger partial charge in [-0.15, -0.1) is 0 Å². The summed E-state index contributed by atoms with van der Waals surface area (Å²) in [6.07, 6.45) is 0. The summed E-state index contributed by atoms with van der Waals surface area (Å²) in [5.74, 6) is -0.637. The number of aromatic nitrogens is 3. The van der Waals surface area contributed by atoms with Crippen molar-refractivity contribution >= 4 is 17.5 Å². The first kappa shape index (κ1) is 20.5. The van der Waals surface area contributed by atoms with E-state index >= 15 is 0 Å². The topological polar surface area (TPSA) is 86.0 Å². The Morgan fingerprint density at radius 2 is 1.62 bits per heavy atom. The van der Waals surface area contributed by atoms with Gasteiger partial charge in [-0.1, -0.05) is 41.9 Å². The van der Waals surface area contributed by atoms with Crippen LogP contribution in [0.2, 0.25) is 5.02 Å². The van der Waals surface area contributed by atoms with Gasteiger partial charge in [0.05, 0.1) is 11.7 Å². The normalized spacial score (nSPS) is 12.0. The molecule has 3 rings (SSSR count). The molecule has 1 aromatic heterocycles. The van der Waals surface area contributed by atoms with Gasteiger partial charge in [0.2, 0.25) is 5.69 Å². The summed E-state index contributed by atoms with van der Waals surface area (Å²) in [7, 11) is 0. The van der Waals surface area contributed by atoms with Crippen LogP contribution in [-0.4, -0.2) is 26.3 Å². The Hall–Kier alpha value is -3.19. The molecular weight excluding hydrogens is 392 g/mol. The molecule has 2 aromatic carbocycles. The first-order chi connectivity index (χ1) is 13.8. The number of nitrogens with one attached hydrogen (secondary N) is 1. The van der Waals surface area contributed by atoms with Crippen molar-refractivity contribution < 1.29 is 4.79 Å². The maximum absolute atomic E-state index is 13.2. The van der Waals surface area contributed by atoms with Crippen LogP contribution >= 0.6 is 11.6 Å². The Balaban J connectivity index is 2.27. The summed E-state index contributed by atoms with van der Waals surface area (Å²) in [5, 5.41) is 7.23. The Morgan fingerprint density at radius 3 is 2.21 bits per heavy atom. The summed E-state index contributed by atoms with van der Waals surface area (Å²) in [4.78, 5) is 38.9. The van der Waals surface area contributed by atoms with Crippen LogP contribution in [0.3, 0.4) is 0 Å². The predicted molar refractivity (Wildman–Crippen MR) is 112 cm³/mol. The summed E-state index contributed by atoms with van der Waals surface area (Å²) in [6.45, 7) is 5.28. The van der Waals surface area contributed by atoms with E-state index in [1.54, 1.807) is 45.0 Å². The molecule has 1 amide bonds.